The van der Waals surface area contributed by atoms with Crippen molar-refractivity contribution >= 4 is 5.97 Å². The molecule has 0 aromatic rings. The van der Waals surface area contributed by atoms with Crippen LogP contribution in [0.4, 0.5) is 0 Å². The van der Waals surface area contributed by atoms with Crippen molar-refractivity contribution in [2.45, 2.75) is 27.7 Å². The number of carbonyl (C=O) groups is 1. The summed E-state index contributed by atoms with van der Waals surface area (Å²) in [5.74, 6) is -0.467. The Bertz CT molecular complexity index is 218. The third-order valence-electron chi connectivity index (χ3n) is 1.42. The first-order valence-corrected chi connectivity index (χ1v) is 4.04. The van der Waals surface area contributed by atoms with Gasteiger partial charge in [0.15, 0.2) is 0 Å². The smallest absolute Gasteiger partial charge is 0.335 e. The van der Waals surface area contributed by atoms with Gasteiger partial charge < -0.3 is 5.11 Å². The third kappa shape index (κ3) is 3.96. The minimum atomic E-state index is -0.855. The second-order valence-electron chi connectivity index (χ2n) is 3.32. The number of hydrogen-bond donors (Lipinski definition) is 1. The summed E-state index contributed by atoms with van der Waals surface area (Å²) in [5.41, 5.74) is 1.23. The molecule has 0 spiro atoms. The predicted octanol–water partition coefficient (Wildman–Crippen LogP) is 2.62. The van der Waals surface area contributed by atoms with Crippen molar-refractivity contribution in [2.24, 2.45) is 5.92 Å². The summed E-state index contributed by atoms with van der Waals surface area (Å²) >= 11 is 0. The Morgan fingerprint density at radius 3 is 2.08 bits per heavy atom. The van der Waals surface area contributed by atoms with Crippen molar-refractivity contribution < 1.29 is 9.90 Å². The largest absolute Gasteiger partial charge is 0.478 e. The van der Waals surface area contributed by atoms with Gasteiger partial charge >= 0.3 is 5.97 Å². The molecule has 0 atom stereocenters. The van der Waals surface area contributed by atoms with Gasteiger partial charge in [0.2, 0.25) is 0 Å². The molecule has 2 nitrogen and oxygen atoms in total. The molecule has 0 aromatic carbocycles. The highest BCUT2D eigenvalue weighted by molar-refractivity contribution is 5.90. The molecule has 0 fully saturated rings. The molecule has 0 aliphatic rings. The number of carboxylic acids is 1. The van der Waals surface area contributed by atoms with Gasteiger partial charge in [-0.25, -0.2) is 4.79 Å². The van der Waals surface area contributed by atoms with Crippen LogP contribution in [0.3, 0.4) is 0 Å². The molecule has 0 aliphatic carbocycles. The number of allylic oxidation sites excluding steroid dienone is 2. The molecule has 12 heavy (non-hydrogen) atoms. The summed E-state index contributed by atoms with van der Waals surface area (Å²) < 4.78 is 0. The first-order valence-electron chi connectivity index (χ1n) is 4.04. The maximum atomic E-state index is 10.6. The molecule has 0 rings (SSSR count). The van der Waals surface area contributed by atoms with Crippen molar-refractivity contribution in [2.75, 3.05) is 0 Å². The van der Waals surface area contributed by atoms with Gasteiger partial charge in [-0.1, -0.05) is 31.6 Å². The highest BCUT2D eigenvalue weighted by Crippen LogP contribution is 2.07. The fraction of sp³-hybridized carbons (Fsp3) is 0.500. The Labute approximate surface area is 73.6 Å². The van der Waals surface area contributed by atoms with E-state index >= 15 is 0 Å². The lowest BCUT2D eigenvalue weighted by molar-refractivity contribution is -0.132. The summed E-state index contributed by atoms with van der Waals surface area (Å²) in [7, 11) is 0. The van der Waals surface area contributed by atoms with Crippen LogP contribution in [0, 0.1) is 5.92 Å². The monoisotopic (exact) mass is 168 g/mol. The quantitative estimate of drug-likeness (QED) is 0.519. The fourth-order valence-electron chi connectivity index (χ4n) is 0.740. The molecular weight excluding hydrogens is 152 g/mol. The molecule has 0 saturated heterocycles. The van der Waals surface area contributed by atoms with Gasteiger partial charge in [-0.15, -0.1) is 0 Å². The highest BCUT2D eigenvalue weighted by Gasteiger charge is 2.04. The SMILES string of the molecule is CC(C)=C(C=CC(C)C)C(=O)O. The summed E-state index contributed by atoms with van der Waals surface area (Å²) in [6, 6.07) is 0. The summed E-state index contributed by atoms with van der Waals surface area (Å²) in [4.78, 5) is 10.6. The van der Waals surface area contributed by atoms with Crippen LogP contribution in [0.25, 0.3) is 0 Å². The van der Waals surface area contributed by atoms with E-state index in [9.17, 15) is 4.79 Å². The van der Waals surface area contributed by atoms with Crippen LogP contribution >= 0.6 is 0 Å². The lowest BCUT2D eigenvalue weighted by atomic mass is 10.1. The van der Waals surface area contributed by atoms with Crippen molar-refractivity contribution in [1.29, 1.82) is 0 Å². The van der Waals surface area contributed by atoms with E-state index in [0.717, 1.165) is 5.57 Å². The molecule has 0 unspecified atom stereocenters. The lowest BCUT2D eigenvalue weighted by Gasteiger charge is -1.98. The van der Waals surface area contributed by atoms with Gasteiger partial charge in [-0.2, -0.15) is 0 Å². The molecule has 68 valence electrons. The zero-order valence-electron chi connectivity index (χ0n) is 8.09. The zero-order valence-corrected chi connectivity index (χ0v) is 8.09. The van der Waals surface area contributed by atoms with E-state index in [0.29, 0.717) is 11.5 Å². The van der Waals surface area contributed by atoms with E-state index in [1.54, 1.807) is 19.9 Å². The average Bonchev–Trinajstić information content (AvgIpc) is 1.84. The van der Waals surface area contributed by atoms with Crippen LogP contribution in [-0.2, 0) is 4.79 Å². The number of hydrogen-bond acceptors (Lipinski definition) is 1. The Morgan fingerprint density at radius 2 is 1.83 bits per heavy atom. The van der Waals surface area contributed by atoms with Gasteiger partial charge in [-0.3, -0.25) is 0 Å². The van der Waals surface area contributed by atoms with Crippen molar-refractivity contribution in [3.8, 4) is 0 Å². The number of carboxylic acid groups (broad SMARTS) is 1. The van der Waals surface area contributed by atoms with Gasteiger partial charge in [0.25, 0.3) is 0 Å². The van der Waals surface area contributed by atoms with Gasteiger partial charge in [0.1, 0.15) is 0 Å². The van der Waals surface area contributed by atoms with Gasteiger partial charge in [0, 0.05) is 0 Å². The van der Waals surface area contributed by atoms with Gasteiger partial charge in [-0.05, 0) is 19.8 Å². The Morgan fingerprint density at radius 1 is 1.33 bits per heavy atom. The molecule has 1 N–H and O–H groups in total. The lowest BCUT2D eigenvalue weighted by Crippen LogP contribution is -1.99. The average molecular weight is 168 g/mol. The molecule has 0 radical (unpaired) electrons. The normalized spacial score (nSPS) is 10.8. The Balaban J connectivity index is 4.59. The summed E-state index contributed by atoms with van der Waals surface area (Å²) in [6.45, 7) is 7.63. The van der Waals surface area contributed by atoms with Crippen LogP contribution in [0.2, 0.25) is 0 Å². The predicted molar refractivity (Wildman–Crippen MR) is 50.0 cm³/mol. The number of aliphatic carboxylic acids is 1. The minimum absolute atomic E-state index is 0.388. The van der Waals surface area contributed by atoms with Crippen molar-refractivity contribution in [1.82, 2.24) is 0 Å². The summed E-state index contributed by atoms with van der Waals surface area (Å²) in [6.07, 6.45) is 3.55. The zero-order chi connectivity index (χ0) is 9.72. The second-order valence-corrected chi connectivity index (χ2v) is 3.32. The van der Waals surface area contributed by atoms with E-state index in [2.05, 4.69) is 0 Å². The minimum Gasteiger partial charge on any atom is -0.478 e. The molecule has 0 aromatic heterocycles. The first kappa shape index (κ1) is 11.0. The van der Waals surface area contributed by atoms with E-state index in [1.807, 2.05) is 19.9 Å². The van der Waals surface area contributed by atoms with Crippen LogP contribution in [0.5, 0.6) is 0 Å². The van der Waals surface area contributed by atoms with Crippen LogP contribution in [0.15, 0.2) is 23.3 Å². The molecule has 2 heteroatoms. The molecule has 0 saturated carbocycles. The van der Waals surface area contributed by atoms with E-state index in [1.165, 1.54) is 0 Å². The van der Waals surface area contributed by atoms with Gasteiger partial charge in [0.05, 0.1) is 5.57 Å². The fourth-order valence-corrected chi connectivity index (χ4v) is 0.740. The van der Waals surface area contributed by atoms with E-state index in [-0.39, 0.29) is 0 Å². The molecule has 0 aliphatic heterocycles. The molecular formula is C10H16O2. The highest BCUT2D eigenvalue weighted by atomic mass is 16.4. The molecule has 0 amide bonds. The molecule has 0 bridgehead atoms. The second kappa shape index (κ2) is 4.75. The van der Waals surface area contributed by atoms with Crippen LogP contribution in [-0.4, -0.2) is 11.1 Å². The third-order valence-corrected chi connectivity index (χ3v) is 1.42. The van der Waals surface area contributed by atoms with Crippen molar-refractivity contribution in [3.05, 3.63) is 23.3 Å². The maximum Gasteiger partial charge on any atom is 0.335 e. The number of rotatable bonds is 3. The van der Waals surface area contributed by atoms with E-state index < -0.39 is 5.97 Å². The Hall–Kier alpha value is -1.05. The Kier molecular flexibility index (Phi) is 4.34. The standard InChI is InChI=1S/C10H16O2/c1-7(2)5-6-9(8(3)4)10(11)12/h5-7H,1-4H3,(H,11,12). The first-order chi connectivity index (χ1) is 5.45. The van der Waals surface area contributed by atoms with Crippen molar-refractivity contribution in [3.63, 3.8) is 0 Å². The summed E-state index contributed by atoms with van der Waals surface area (Å²) in [5, 5.41) is 8.75. The molecule has 0 heterocycles. The van der Waals surface area contributed by atoms with Crippen LogP contribution in [0.1, 0.15) is 27.7 Å². The van der Waals surface area contributed by atoms with E-state index in [4.69, 9.17) is 5.11 Å². The van der Waals surface area contributed by atoms with Crippen LogP contribution < -0.4 is 0 Å². The maximum absolute atomic E-state index is 10.6. The topological polar surface area (TPSA) is 37.3 Å².